The van der Waals surface area contributed by atoms with Gasteiger partial charge in [0.1, 0.15) is 11.9 Å². The van der Waals surface area contributed by atoms with Gasteiger partial charge in [-0.1, -0.05) is 32.4 Å². The van der Waals surface area contributed by atoms with Crippen molar-refractivity contribution in [1.82, 2.24) is 25.2 Å². The number of benzene rings is 1. The van der Waals surface area contributed by atoms with Gasteiger partial charge >= 0.3 is 0 Å². The summed E-state index contributed by atoms with van der Waals surface area (Å²) in [6.07, 6.45) is 4.23. The molecule has 12 heteroatoms. The third kappa shape index (κ3) is 6.86. The molecular formula is C35H42N6O6. The lowest BCUT2D eigenvalue weighted by Crippen LogP contribution is -2.45. The van der Waals surface area contributed by atoms with Crippen LogP contribution in [0.15, 0.2) is 53.5 Å². The summed E-state index contributed by atoms with van der Waals surface area (Å²) in [5.74, 6) is 1.64. The Morgan fingerprint density at radius 1 is 1.04 bits per heavy atom. The van der Waals surface area contributed by atoms with Crippen LogP contribution in [0.25, 0.3) is 16.8 Å². The van der Waals surface area contributed by atoms with E-state index in [-0.39, 0.29) is 28.8 Å². The van der Waals surface area contributed by atoms with Crippen LogP contribution in [-0.2, 0) is 22.4 Å². The number of amides is 2. The molecule has 2 heterocycles. The number of hydrogen-bond donors (Lipinski definition) is 3. The van der Waals surface area contributed by atoms with E-state index in [0.29, 0.717) is 60.6 Å². The number of rotatable bonds is 12. The van der Waals surface area contributed by atoms with Crippen molar-refractivity contribution in [1.29, 1.82) is 0 Å². The molecule has 47 heavy (non-hydrogen) atoms. The topological polar surface area (TPSA) is 145 Å². The summed E-state index contributed by atoms with van der Waals surface area (Å²) >= 11 is 0. The first-order valence-corrected chi connectivity index (χ1v) is 15.8. The van der Waals surface area contributed by atoms with Gasteiger partial charge in [-0.15, -0.1) is 10.2 Å². The number of anilines is 1. The Labute approximate surface area is 273 Å². The van der Waals surface area contributed by atoms with Crippen LogP contribution in [0.1, 0.15) is 56.6 Å². The van der Waals surface area contributed by atoms with E-state index in [4.69, 9.17) is 14.2 Å². The number of fused-ring (bicyclic) bond motifs is 4. The minimum absolute atomic E-state index is 0.0867. The maximum Gasteiger partial charge on any atom is 0.242 e. The van der Waals surface area contributed by atoms with Gasteiger partial charge in [0.15, 0.2) is 17.1 Å². The molecule has 0 bridgehead atoms. The van der Waals surface area contributed by atoms with E-state index in [1.54, 1.807) is 33.5 Å². The Morgan fingerprint density at radius 3 is 2.53 bits per heavy atom. The van der Waals surface area contributed by atoms with Gasteiger partial charge < -0.3 is 30.2 Å². The molecular weight excluding hydrogens is 600 g/mol. The Hall–Kier alpha value is -5.13. The molecule has 0 spiro atoms. The number of aryl methyl sites for hydroxylation is 1. The number of ether oxygens (including phenoxy) is 3. The van der Waals surface area contributed by atoms with E-state index < -0.39 is 12.1 Å². The highest BCUT2D eigenvalue weighted by Crippen LogP contribution is 2.50. The lowest BCUT2D eigenvalue weighted by Gasteiger charge is -2.24. The number of nitrogens with one attached hydrogen (secondary N) is 3. The summed E-state index contributed by atoms with van der Waals surface area (Å²) in [6.45, 7) is 5.78. The molecule has 12 nitrogen and oxygen atoms in total. The fourth-order valence-corrected chi connectivity index (χ4v) is 6.17. The summed E-state index contributed by atoms with van der Waals surface area (Å²) in [7, 11) is 4.67. The predicted octanol–water partition coefficient (Wildman–Crippen LogP) is 4.09. The first-order valence-electron chi connectivity index (χ1n) is 15.8. The zero-order chi connectivity index (χ0) is 33.7. The molecule has 3 unspecified atom stereocenters. The fraction of sp³-hybridized carbons (Fsp3) is 0.400. The van der Waals surface area contributed by atoms with E-state index >= 15 is 0 Å². The monoisotopic (exact) mass is 642 g/mol. The molecule has 3 N–H and O–H groups in total. The van der Waals surface area contributed by atoms with Gasteiger partial charge in [0.2, 0.25) is 23.0 Å². The fourth-order valence-electron chi connectivity index (χ4n) is 6.17. The molecule has 1 aliphatic rings. The van der Waals surface area contributed by atoms with Crippen LogP contribution in [0, 0.1) is 5.92 Å². The van der Waals surface area contributed by atoms with Crippen LogP contribution in [0.2, 0.25) is 0 Å². The quantitative estimate of drug-likeness (QED) is 0.208. The van der Waals surface area contributed by atoms with Crippen LogP contribution in [-0.4, -0.2) is 60.3 Å². The largest absolute Gasteiger partial charge is 0.493 e. The Bertz CT molecular complexity index is 1840. The lowest BCUT2D eigenvalue weighted by atomic mass is 9.95. The number of carbonyl (C=O) groups is 2. The molecule has 2 amide bonds. The van der Waals surface area contributed by atoms with Crippen LogP contribution in [0.4, 0.5) is 5.69 Å². The van der Waals surface area contributed by atoms with E-state index in [1.165, 1.54) is 6.92 Å². The van der Waals surface area contributed by atoms with Crippen LogP contribution >= 0.6 is 0 Å². The molecule has 0 aliphatic heterocycles. The first-order chi connectivity index (χ1) is 22.7. The highest BCUT2D eigenvalue weighted by molar-refractivity contribution is 5.86. The first kappa shape index (κ1) is 33.2. The van der Waals surface area contributed by atoms with E-state index in [2.05, 4.69) is 26.1 Å². The number of carbonyl (C=O) groups excluding carboxylic acids is 2. The highest BCUT2D eigenvalue weighted by atomic mass is 16.5. The number of nitrogens with zero attached hydrogens (tertiary/aromatic N) is 3. The van der Waals surface area contributed by atoms with Crippen molar-refractivity contribution >= 4 is 23.1 Å². The van der Waals surface area contributed by atoms with Crippen LogP contribution in [0.3, 0.4) is 0 Å². The lowest BCUT2D eigenvalue weighted by molar-refractivity contribution is -0.123. The number of methoxy groups -OCH3 is 3. The van der Waals surface area contributed by atoms with Crippen LogP contribution in [0.5, 0.6) is 17.2 Å². The third-order valence-corrected chi connectivity index (χ3v) is 8.75. The molecule has 4 aromatic rings. The van der Waals surface area contributed by atoms with E-state index in [0.717, 1.165) is 22.6 Å². The summed E-state index contributed by atoms with van der Waals surface area (Å²) in [5, 5.41) is 17.7. The summed E-state index contributed by atoms with van der Waals surface area (Å²) in [5.41, 5.74) is 3.75. The van der Waals surface area contributed by atoms with Crippen molar-refractivity contribution in [3.05, 3.63) is 75.8 Å². The number of hydrogen-bond acceptors (Lipinski definition) is 9. The van der Waals surface area contributed by atoms with Crippen molar-refractivity contribution in [2.24, 2.45) is 5.92 Å². The maximum atomic E-state index is 13.9. The zero-order valence-corrected chi connectivity index (χ0v) is 27.7. The normalized spacial score (nSPS) is 15.0. The minimum atomic E-state index is -0.678. The molecule has 2 aromatic heterocycles. The Morgan fingerprint density at radius 2 is 1.83 bits per heavy atom. The Kier molecular flexibility index (Phi) is 10.3. The van der Waals surface area contributed by atoms with Gasteiger partial charge in [0, 0.05) is 31.6 Å². The van der Waals surface area contributed by atoms with Crippen LogP contribution < -0.4 is 35.6 Å². The van der Waals surface area contributed by atoms with Gasteiger partial charge in [-0.2, -0.15) is 0 Å². The standard InChI is InChI=1S/C35H42N6O6/c1-7-20(2)32(35(44)36-16-15-30-40-39-29-10-8-9-17-41(29)30)38-26-14-12-23-24(19-27(26)43)25(37-21(3)42)13-11-22-18-28(45-4)33(46-5)34(47-6)31(22)23/h8-10,12,14,17-20,25,32H,7,11,13,15-16H2,1-6H3,(H,36,44)(H,37,42)(H,38,43). The van der Waals surface area contributed by atoms with Gasteiger partial charge in [0.05, 0.1) is 33.1 Å². The maximum absolute atomic E-state index is 13.9. The summed E-state index contributed by atoms with van der Waals surface area (Å²) in [4.78, 5) is 39.8. The summed E-state index contributed by atoms with van der Waals surface area (Å²) < 4.78 is 19.1. The zero-order valence-electron chi connectivity index (χ0n) is 27.7. The minimum Gasteiger partial charge on any atom is -0.493 e. The summed E-state index contributed by atoms with van der Waals surface area (Å²) in [6, 6.07) is 11.6. The van der Waals surface area contributed by atoms with Gasteiger partial charge in [0.25, 0.3) is 0 Å². The molecule has 3 atom stereocenters. The SMILES string of the molecule is CCC(C)C(Nc1ccc2c(cc1=O)C(NC(C)=O)CCc1cc(OC)c(OC)c(OC)c1-2)C(=O)NCCc1nnc2ccccn12. The Balaban J connectivity index is 1.50. The van der Waals surface area contributed by atoms with Crippen molar-refractivity contribution in [3.63, 3.8) is 0 Å². The molecule has 2 aromatic carbocycles. The molecule has 0 saturated heterocycles. The van der Waals surface area contributed by atoms with Crippen molar-refractivity contribution in [2.45, 2.75) is 58.5 Å². The highest BCUT2D eigenvalue weighted by Gasteiger charge is 2.30. The predicted molar refractivity (Wildman–Crippen MR) is 179 cm³/mol. The smallest absolute Gasteiger partial charge is 0.242 e. The average Bonchev–Trinajstić information content (AvgIpc) is 3.34. The molecule has 1 aliphatic carbocycles. The molecule has 0 saturated carbocycles. The number of aromatic nitrogens is 3. The van der Waals surface area contributed by atoms with E-state index in [9.17, 15) is 14.4 Å². The van der Waals surface area contributed by atoms with Gasteiger partial charge in [-0.05, 0) is 65.8 Å². The van der Waals surface area contributed by atoms with Gasteiger partial charge in [-0.3, -0.25) is 18.8 Å². The van der Waals surface area contributed by atoms with Gasteiger partial charge in [-0.25, -0.2) is 0 Å². The molecule has 0 fully saturated rings. The molecule has 0 radical (unpaired) electrons. The molecule has 248 valence electrons. The van der Waals surface area contributed by atoms with Crippen molar-refractivity contribution in [2.75, 3.05) is 33.2 Å². The van der Waals surface area contributed by atoms with E-state index in [1.807, 2.05) is 54.8 Å². The second kappa shape index (κ2) is 14.5. The van der Waals surface area contributed by atoms with Crippen molar-refractivity contribution in [3.8, 4) is 28.4 Å². The average molecular weight is 643 g/mol. The second-order valence-corrected chi connectivity index (χ2v) is 11.7. The molecule has 5 rings (SSSR count). The third-order valence-electron chi connectivity index (χ3n) is 8.75. The number of pyridine rings is 1. The van der Waals surface area contributed by atoms with Crippen molar-refractivity contribution < 1.29 is 23.8 Å². The second-order valence-electron chi connectivity index (χ2n) is 11.7.